The Kier molecular flexibility index (Phi) is 3.80. The number of anilines is 1. The zero-order valence-electron chi connectivity index (χ0n) is 11.1. The summed E-state index contributed by atoms with van der Waals surface area (Å²) in [6.07, 6.45) is 2.68. The fourth-order valence-corrected chi connectivity index (χ4v) is 3.98. The summed E-state index contributed by atoms with van der Waals surface area (Å²) >= 11 is 1.94. The van der Waals surface area contributed by atoms with Gasteiger partial charge in [0.25, 0.3) is 0 Å². The highest BCUT2D eigenvalue weighted by Crippen LogP contribution is 2.32. The van der Waals surface area contributed by atoms with Gasteiger partial charge in [-0.25, -0.2) is 0 Å². The molecule has 3 unspecified atom stereocenters. The first kappa shape index (κ1) is 12.4. The summed E-state index contributed by atoms with van der Waals surface area (Å²) in [5.74, 6) is 2.00. The summed E-state index contributed by atoms with van der Waals surface area (Å²) in [6.45, 7) is 6.11. The second kappa shape index (κ2) is 5.54. The summed E-state index contributed by atoms with van der Waals surface area (Å²) in [6, 6.07) is 9.44. The van der Waals surface area contributed by atoms with Crippen molar-refractivity contribution >= 4 is 17.4 Å². The molecule has 1 aromatic carbocycles. The van der Waals surface area contributed by atoms with Crippen LogP contribution in [0.2, 0.25) is 0 Å². The minimum absolute atomic E-state index is 0.683. The number of thioether (sulfide) groups is 1. The zero-order chi connectivity index (χ0) is 12.4. The molecule has 0 aromatic heterocycles. The van der Waals surface area contributed by atoms with Crippen molar-refractivity contribution in [3.63, 3.8) is 0 Å². The fraction of sp³-hybridized carbons (Fsp3) is 0.600. The lowest BCUT2D eigenvalue weighted by molar-refractivity contribution is 0.255. The Morgan fingerprint density at radius 2 is 2.11 bits per heavy atom. The van der Waals surface area contributed by atoms with Gasteiger partial charge in [0.15, 0.2) is 0 Å². The van der Waals surface area contributed by atoms with Gasteiger partial charge in [0.1, 0.15) is 0 Å². The van der Waals surface area contributed by atoms with Crippen LogP contribution >= 0.6 is 11.8 Å². The zero-order valence-corrected chi connectivity index (χ0v) is 11.9. The molecule has 3 heteroatoms. The predicted molar refractivity (Wildman–Crippen MR) is 79.4 cm³/mol. The molecule has 0 aliphatic carbocycles. The summed E-state index contributed by atoms with van der Waals surface area (Å²) in [7, 11) is 0. The van der Waals surface area contributed by atoms with E-state index in [1.54, 1.807) is 0 Å². The standard InChI is InChI=1S/C15H22N2S/c1-2-18-15-6-4-3-5-14(15)16-13-8-10-17-9-7-12(13)11-17/h3-6,12-13,16H,2,7-11H2,1H3. The molecule has 2 aliphatic heterocycles. The van der Waals surface area contributed by atoms with Gasteiger partial charge in [0, 0.05) is 29.7 Å². The van der Waals surface area contributed by atoms with Crippen LogP contribution in [-0.2, 0) is 0 Å². The lowest BCUT2D eigenvalue weighted by atomic mass is 9.94. The smallest absolute Gasteiger partial charge is 0.0480 e. The summed E-state index contributed by atoms with van der Waals surface area (Å²) < 4.78 is 0. The Morgan fingerprint density at radius 1 is 1.28 bits per heavy atom. The molecule has 2 heterocycles. The highest BCUT2D eigenvalue weighted by atomic mass is 32.2. The van der Waals surface area contributed by atoms with Crippen molar-refractivity contribution in [2.24, 2.45) is 5.92 Å². The second-order valence-corrected chi connectivity index (χ2v) is 6.62. The van der Waals surface area contributed by atoms with Crippen molar-refractivity contribution < 1.29 is 0 Å². The van der Waals surface area contributed by atoms with E-state index in [0.29, 0.717) is 6.04 Å². The van der Waals surface area contributed by atoms with Crippen LogP contribution in [0.3, 0.4) is 0 Å². The van der Waals surface area contributed by atoms with E-state index >= 15 is 0 Å². The molecule has 0 saturated carbocycles. The lowest BCUT2D eigenvalue weighted by Crippen LogP contribution is -2.39. The van der Waals surface area contributed by atoms with E-state index in [0.717, 1.165) is 11.7 Å². The maximum absolute atomic E-state index is 3.81. The summed E-state index contributed by atoms with van der Waals surface area (Å²) in [4.78, 5) is 4.01. The van der Waals surface area contributed by atoms with Crippen molar-refractivity contribution in [2.75, 3.05) is 30.7 Å². The van der Waals surface area contributed by atoms with Crippen LogP contribution in [0, 0.1) is 5.92 Å². The molecule has 2 aliphatic rings. The predicted octanol–water partition coefficient (Wildman–Crippen LogP) is 3.30. The van der Waals surface area contributed by atoms with Crippen molar-refractivity contribution in [1.29, 1.82) is 0 Å². The third-order valence-corrected chi connectivity index (χ3v) is 5.12. The van der Waals surface area contributed by atoms with E-state index in [1.807, 2.05) is 11.8 Å². The van der Waals surface area contributed by atoms with Crippen LogP contribution in [0.15, 0.2) is 29.2 Å². The SMILES string of the molecule is CCSc1ccccc1NC1CCN2CCC1C2. The molecule has 1 N–H and O–H groups in total. The van der Waals surface area contributed by atoms with Crippen LogP contribution in [-0.4, -0.2) is 36.3 Å². The Hall–Kier alpha value is -0.670. The molecule has 3 atom stereocenters. The molecular weight excluding hydrogens is 240 g/mol. The Bertz CT molecular complexity index is 407. The van der Waals surface area contributed by atoms with Crippen LogP contribution in [0.25, 0.3) is 0 Å². The van der Waals surface area contributed by atoms with Crippen molar-refractivity contribution in [2.45, 2.75) is 30.7 Å². The lowest BCUT2D eigenvalue weighted by Gasteiger charge is -2.32. The molecule has 0 radical (unpaired) electrons. The Labute approximate surface area is 114 Å². The molecule has 0 spiro atoms. The number of piperidine rings is 1. The van der Waals surface area contributed by atoms with E-state index in [2.05, 4.69) is 41.4 Å². The first-order chi connectivity index (χ1) is 8.86. The third-order valence-electron chi connectivity index (χ3n) is 4.16. The van der Waals surface area contributed by atoms with Gasteiger partial charge in [-0.15, -0.1) is 11.8 Å². The van der Waals surface area contributed by atoms with Crippen molar-refractivity contribution in [1.82, 2.24) is 4.90 Å². The van der Waals surface area contributed by atoms with Gasteiger partial charge < -0.3 is 10.2 Å². The number of benzene rings is 1. The number of nitrogens with one attached hydrogen (secondary N) is 1. The Morgan fingerprint density at radius 3 is 3.00 bits per heavy atom. The van der Waals surface area contributed by atoms with Gasteiger partial charge in [0.2, 0.25) is 0 Å². The topological polar surface area (TPSA) is 15.3 Å². The maximum atomic E-state index is 3.81. The maximum Gasteiger partial charge on any atom is 0.0480 e. The molecule has 18 heavy (non-hydrogen) atoms. The Balaban J connectivity index is 1.72. The highest BCUT2D eigenvalue weighted by molar-refractivity contribution is 7.99. The average Bonchev–Trinajstić information content (AvgIpc) is 2.78. The van der Waals surface area contributed by atoms with E-state index in [4.69, 9.17) is 0 Å². The molecule has 98 valence electrons. The molecular formula is C15H22N2S. The van der Waals surface area contributed by atoms with Gasteiger partial charge in [-0.1, -0.05) is 19.1 Å². The largest absolute Gasteiger partial charge is 0.381 e. The van der Waals surface area contributed by atoms with Crippen LogP contribution in [0.4, 0.5) is 5.69 Å². The molecule has 0 amide bonds. The first-order valence-corrected chi connectivity index (χ1v) is 8.06. The van der Waals surface area contributed by atoms with Gasteiger partial charge in [-0.3, -0.25) is 0 Å². The van der Waals surface area contributed by atoms with Gasteiger partial charge in [-0.05, 0) is 43.2 Å². The van der Waals surface area contributed by atoms with E-state index in [-0.39, 0.29) is 0 Å². The van der Waals surface area contributed by atoms with E-state index in [1.165, 1.54) is 43.1 Å². The van der Waals surface area contributed by atoms with Crippen LogP contribution < -0.4 is 5.32 Å². The number of hydrogen-bond acceptors (Lipinski definition) is 3. The number of para-hydroxylation sites is 1. The van der Waals surface area contributed by atoms with Crippen LogP contribution in [0.5, 0.6) is 0 Å². The number of hydrogen-bond donors (Lipinski definition) is 1. The second-order valence-electron chi connectivity index (χ2n) is 5.32. The van der Waals surface area contributed by atoms with Crippen molar-refractivity contribution in [3.05, 3.63) is 24.3 Å². The van der Waals surface area contributed by atoms with Crippen LogP contribution in [0.1, 0.15) is 19.8 Å². The molecule has 2 nitrogen and oxygen atoms in total. The number of nitrogens with zero attached hydrogens (tertiary/aromatic N) is 1. The first-order valence-electron chi connectivity index (χ1n) is 7.07. The molecule has 2 bridgehead atoms. The number of rotatable bonds is 4. The summed E-state index contributed by atoms with van der Waals surface area (Å²) in [5, 5.41) is 3.81. The normalized spacial score (nSPS) is 30.4. The molecule has 3 rings (SSSR count). The highest BCUT2D eigenvalue weighted by Gasteiger charge is 2.34. The summed E-state index contributed by atoms with van der Waals surface area (Å²) in [5.41, 5.74) is 1.34. The van der Waals surface area contributed by atoms with Gasteiger partial charge in [-0.2, -0.15) is 0 Å². The fourth-order valence-electron chi connectivity index (χ4n) is 3.21. The third kappa shape index (κ3) is 2.52. The minimum Gasteiger partial charge on any atom is -0.381 e. The monoisotopic (exact) mass is 262 g/mol. The number of fused-ring (bicyclic) bond motifs is 2. The average molecular weight is 262 g/mol. The quantitative estimate of drug-likeness (QED) is 0.838. The molecule has 2 fully saturated rings. The molecule has 2 saturated heterocycles. The van der Waals surface area contributed by atoms with E-state index in [9.17, 15) is 0 Å². The minimum atomic E-state index is 0.683. The van der Waals surface area contributed by atoms with Gasteiger partial charge >= 0.3 is 0 Å². The van der Waals surface area contributed by atoms with Gasteiger partial charge in [0.05, 0.1) is 0 Å². The van der Waals surface area contributed by atoms with E-state index < -0.39 is 0 Å². The van der Waals surface area contributed by atoms with Crippen molar-refractivity contribution in [3.8, 4) is 0 Å². The molecule has 1 aromatic rings.